The molecule has 0 spiro atoms. The molecular weight excluding hydrogens is 273 g/mol. The quantitative estimate of drug-likeness (QED) is 0.520. The van der Waals surface area contributed by atoms with Gasteiger partial charge in [-0.2, -0.15) is 0 Å². The van der Waals surface area contributed by atoms with Gasteiger partial charge in [-0.3, -0.25) is 9.59 Å². The summed E-state index contributed by atoms with van der Waals surface area (Å²) >= 11 is 0. The van der Waals surface area contributed by atoms with Crippen molar-refractivity contribution in [2.75, 3.05) is 27.3 Å². The number of ketones is 1. The van der Waals surface area contributed by atoms with Gasteiger partial charge in [-0.15, -0.1) is 0 Å². The van der Waals surface area contributed by atoms with E-state index in [2.05, 4.69) is 0 Å². The number of ether oxygens (including phenoxy) is 1. The first-order valence-electron chi connectivity index (χ1n) is 7.06. The third-order valence-corrected chi connectivity index (χ3v) is 3.23. The van der Waals surface area contributed by atoms with E-state index >= 15 is 0 Å². The number of halogens is 1. The first kappa shape index (κ1) is 17.3. The van der Waals surface area contributed by atoms with Crippen molar-refractivity contribution >= 4 is 11.7 Å². The van der Waals surface area contributed by atoms with Gasteiger partial charge in [0.25, 0.3) is 0 Å². The topological polar surface area (TPSA) is 46.6 Å². The van der Waals surface area contributed by atoms with Crippen LogP contribution >= 0.6 is 0 Å². The lowest BCUT2D eigenvalue weighted by Gasteiger charge is -2.16. The molecule has 0 aliphatic heterocycles. The van der Waals surface area contributed by atoms with Crippen molar-refractivity contribution in [1.82, 2.24) is 4.90 Å². The van der Waals surface area contributed by atoms with Gasteiger partial charge in [-0.25, -0.2) is 4.39 Å². The Morgan fingerprint density at radius 3 is 2.43 bits per heavy atom. The van der Waals surface area contributed by atoms with Gasteiger partial charge in [-0.05, 0) is 37.1 Å². The number of benzene rings is 1. The fraction of sp³-hybridized carbons (Fsp3) is 0.500. The second-order valence-electron chi connectivity index (χ2n) is 4.95. The molecule has 0 unspecified atom stereocenters. The third kappa shape index (κ3) is 6.49. The Morgan fingerprint density at radius 2 is 1.81 bits per heavy atom. The number of amides is 1. The molecule has 1 aromatic carbocycles. The maximum absolute atomic E-state index is 12.8. The second kappa shape index (κ2) is 9.23. The second-order valence-corrected chi connectivity index (χ2v) is 4.95. The predicted molar refractivity (Wildman–Crippen MR) is 78.7 cm³/mol. The van der Waals surface area contributed by atoms with Crippen molar-refractivity contribution in [3.05, 3.63) is 35.6 Å². The minimum atomic E-state index is -0.362. The Balaban J connectivity index is 2.27. The summed E-state index contributed by atoms with van der Waals surface area (Å²) in [5, 5.41) is 0. The molecule has 0 radical (unpaired) electrons. The van der Waals surface area contributed by atoms with Gasteiger partial charge in [0.2, 0.25) is 5.91 Å². The average molecular weight is 295 g/mol. The normalized spacial score (nSPS) is 10.4. The Hall–Kier alpha value is -1.75. The number of rotatable bonds is 9. The van der Waals surface area contributed by atoms with E-state index in [1.165, 1.54) is 24.3 Å². The van der Waals surface area contributed by atoms with Crippen LogP contribution < -0.4 is 0 Å². The van der Waals surface area contributed by atoms with Crippen molar-refractivity contribution in [3.63, 3.8) is 0 Å². The molecule has 1 aromatic rings. The van der Waals surface area contributed by atoms with E-state index in [1.54, 1.807) is 19.1 Å². The highest BCUT2D eigenvalue weighted by Crippen LogP contribution is 2.09. The molecule has 0 saturated carbocycles. The molecule has 0 aromatic heterocycles. The number of Topliss-reactive ketones (excluding diaryl/α,β-unsaturated/α-hetero) is 1. The molecule has 4 nitrogen and oxygen atoms in total. The summed E-state index contributed by atoms with van der Waals surface area (Å²) in [5.41, 5.74) is 0.484. The minimum Gasteiger partial charge on any atom is -0.385 e. The molecule has 0 saturated heterocycles. The van der Waals surface area contributed by atoms with Crippen LogP contribution in [0.5, 0.6) is 0 Å². The molecule has 21 heavy (non-hydrogen) atoms. The van der Waals surface area contributed by atoms with Gasteiger partial charge in [0.15, 0.2) is 5.78 Å². The van der Waals surface area contributed by atoms with E-state index < -0.39 is 0 Å². The lowest BCUT2D eigenvalue weighted by Crippen LogP contribution is -2.28. The van der Waals surface area contributed by atoms with Crippen molar-refractivity contribution in [1.29, 1.82) is 0 Å². The average Bonchev–Trinajstić information content (AvgIpc) is 2.47. The highest BCUT2D eigenvalue weighted by atomic mass is 19.1. The molecule has 5 heteroatoms. The monoisotopic (exact) mass is 295 g/mol. The van der Waals surface area contributed by atoms with Gasteiger partial charge in [-0.1, -0.05) is 0 Å². The smallest absolute Gasteiger partial charge is 0.222 e. The lowest BCUT2D eigenvalue weighted by atomic mass is 10.1. The number of carbonyl (C=O) groups excluding carboxylic acids is 2. The van der Waals surface area contributed by atoms with Crippen LogP contribution in [-0.2, 0) is 9.53 Å². The van der Waals surface area contributed by atoms with Crippen LogP contribution in [0.15, 0.2) is 24.3 Å². The zero-order valence-electron chi connectivity index (χ0n) is 12.6. The number of hydrogen-bond acceptors (Lipinski definition) is 3. The van der Waals surface area contributed by atoms with Crippen LogP contribution in [0.2, 0.25) is 0 Å². The molecular formula is C16H22FNO3. The molecule has 0 fully saturated rings. The summed E-state index contributed by atoms with van der Waals surface area (Å²) in [6.45, 7) is 1.28. The molecule has 0 heterocycles. The van der Waals surface area contributed by atoms with Crippen molar-refractivity contribution < 1.29 is 18.7 Å². The van der Waals surface area contributed by atoms with E-state index in [0.29, 0.717) is 38.0 Å². The first-order chi connectivity index (χ1) is 10.0. The standard InChI is InChI=1S/C16H22FNO3/c1-18(11-4-12-21-2)16(20)6-3-5-15(19)13-7-9-14(17)10-8-13/h7-10H,3-6,11-12H2,1-2H3. The maximum atomic E-state index is 12.8. The molecule has 0 atom stereocenters. The van der Waals surface area contributed by atoms with Gasteiger partial charge >= 0.3 is 0 Å². The maximum Gasteiger partial charge on any atom is 0.222 e. The van der Waals surface area contributed by atoms with E-state index in [-0.39, 0.29) is 17.5 Å². The highest BCUT2D eigenvalue weighted by Gasteiger charge is 2.11. The summed E-state index contributed by atoms with van der Waals surface area (Å²) < 4.78 is 17.7. The SMILES string of the molecule is COCCCN(C)C(=O)CCCC(=O)c1ccc(F)cc1. The fourth-order valence-electron chi connectivity index (χ4n) is 1.94. The Labute approximate surface area is 124 Å². The molecule has 1 amide bonds. The number of nitrogens with zero attached hydrogens (tertiary/aromatic N) is 1. The predicted octanol–water partition coefficient (Wildman–Crippen LogP) is 2.67. The van der Waals surface area contributed by atoms with Crippen molar-refractivity contribution in [2.24, 2.45) is 0 Å². The summed E-state index contributed by atoms with van der Waals surface area (Å²) in [6.07, 6.45) is 1.94. The van der Waals surface area contributed by atoms with Crippen LogP contribution in [0, 0.1) is 5.82 Å². The van der Waals surface area contributed by atoms with E-state index in [4.69, 9.17) is 4.74 Å². The summed E-state index contributed by atoms with van der Waals surface area (Å²) in [7, 11) is 3.38. The molecule has 0 bridgehead atoms. The third-order valence-electron chi connectivity index (χ3n) is 3.23. The minimum absolute atomic E-state index is 0.0259. The number of methoxy groups -OCH3 is 1. The van der Waals surface area contributed by atoms with Crippen LogP contribution in [0.4, 0.5) is 4.39 Å². The molecule has 0 N–H and O–H groups in total. The van der Waals surface area contributed by atoms with Gasteiger partial charge in [0, 0.05) is 45.7 Å². The Morgan fingerprint density at radius 1 is 1.14 bits per heavy atom. The number of hydrogen-bond donors (Lipinski definition) is 0. The Bertz CT molecular complexity index is 459. The van der Waals surface area contributed by atoms with Crippen molar-refractivity contribution in [2.45, 2.75) is 25.7 Å². The van der Waals surface area contributed by atoms with Gasteiger partial charge in [0.1, 0.15) is 5.82 Å². The fourth-order valence-corrected chi connectivity index (χ4v) is 1.94. The number of carbonyl (C=O) groups is 2. The molecule has 1 rings (SSSR count). The van der Waals surface area contributed by atoms with Crippen LogP contribution in [0.25, 0.3) is 0 Å². The first-order valence-corrected chi connectivity index (χ1v) is 7.06. The van der Waals surface area contributed by atoms with E-state index in [0.717, 1.165) is 6.42 Å². The summed E-state index contributed by atoms with van der Waals surface area (Å²) in [6, 6.07) is 5.47. The molecule has 0 aliphatic rings. The van der Waals surface area contributed by atoms with Gasteiger partial charge < -0.3 is 9.64 Å². The van der Waals surface area contributed by atoms with Crippen LogP contribution in [-0.4, -0.2) is 43.9 Å². The summed E-state index contributed by atoms with van der Waals surface area (Å²) in [5.74, 6) is -0.401. The van der Waals surface area contributed by atoms with Crippen LogP contribution in [0.3, 0.4) is 0 Å². The van der Waals surface area contributed by atoms with E-state index in [9.17, 15) is 14.0 Å². The zero-order valence-corrected chi connectivity index (χ0v) is 12.6. The van der Waals surface area contributed by atoms with E-state index in [1.807, 2.05) is 0 Å². The molecule has 0 aliphatic carbocycles. The molecule has 116 valence electrons. The highest BCUT2D eigenvalue weighted by molar-refractivity contribution is 5.96. The lowest BCUT2D eigenvalue weighted by molar-refractivity contribution is -0.130. The zero-order chi connectivity index (χ0) is 15.7. The van der Waals surface area contributed by atoms with Crippen molar-refractivity contribution in [3.8, 4) is 0 Å². The van der Waals surface area contributed by atoms with Gasteiger partial charge in [0.05, 0.1) is 0 Å². The largest absolute Gasteiger partial charge is 0.385 e. The summed E-state index contributed by atoms with van der Waals surface area (Å²) in [4.78, 5) is 25.3. The van der Waals surface area contributed by atoms with Crippen LogP contribution in [0.1, 0.15) is 36.0 Å². The Kier molecular flexibility index (Phi) is 7.61.